The van der Waals surface area contributed by atoms with Crippen LogP contribution in [0.4, 0.5) is 5.69 Å². The highest BCUT2D eigenvalue weighted by atomic mass is 16.2. The van der Waals surface area contributed by atoms with Crippen molar-refractivity contribution < 1.29 is 9.59 Å². The lowest BCUT2D eigenvalue weighted by atomic mass is 10.0. The highest BCUT2D eigenvalue weighted by Gasteiger charge is 2.23. The van der Waals surface area contributed by atoms with Gasteiger partial charge in [-0.2, -0.15) is 0 Å². The average molecular weight is 304 g/mol. The quantitative estimate of drug-likeness (QED) is 0.823. The maximum atomic E-state index is 11.9. The van der Waals surface area contributed by atoms with E-state index >= 15 is 0 Å². The van der Waals surface area contributed by atoms with Crippen LogP contribution in [0.5, 0.6) is 0 Å². The monoisotopic (exact) mass is 304 g/mol. The maximum absolute atomic E-state index is 11.9. The van der Waals surface area contributed by atoms with Gasteiger partial charge >= 0.3 is 11.8 Å². The van der Waals surface area contributed by atoms with Gasteiger partial charge in [-0.1, -0.05) is 13.3 Å². The minimum atomic E-state index is -0.644. The summed E-state index contributed by atoms with van der Waals surface area (Å²) in [5.41, 5.74) is 1.44. The minimum Gasteiger partial charge on any atom is -0.346 e. The molecular formula is C16H24N4O2. The molecule has 120 valence electrons. The van der Waals surface area contributed by atoms with Gasteiger partial charge in [0.05, 0.1) is 11.9 Å². The second-order valence-corrected chi connectivity index (χ2v) is 5.63. The summed E-state index contributed by atoms with van der Waals surface area (Å²) in [5.74, 6) is -1.24. The topological polar surface area (TPSA) is 74.3 Å². The van der Waals surface area contributed by atoms with Gasteiger partial charge in [0.25, 0.3) is 0 Å². The molecule has 6 nitrogen and oxygen atoms in total. The number of piperidine rings is 1. The number of aryl methyl sites for hydroxylation is 1. The smallest absolute Gasteiger partial charge is 0.313 e. The van der Waals surface area contributed by atoms with E-state index in [2.05, 4.69) is 27.4 Å². The van der Waals surface area contributed by atoms with Crippen LogP contribution in [0.3, 0.4) is 0 Å². The first-order chi connectivity index (χ1) is 10.6. The Hall–Kier alpha value is -1.95. The molecule has 2 rings (SSSR count). The molecule has 0 bridgehead atoms. The number of anilines is 1. The van der Waals surface area contributed by atoms with Crippen molar-refractivity contribution in [3.63, 3.8) is 0 Å². The van der Waals surface area contributed by atoms with Gasteiger partial charge in [0.2, 0.25) is 0 Å². The molecule has 1 aliphatic rings. The van der Waals surface area contributed by atoms with Crippen LogP contribution in [0.25, 0.3) is 0 Å². The van der Waals surface area contributed by atoms with E-state index in [1.165, 1.54) is 12.8 Å². The van der Waals surface area contributed by atoms with Crippen LogP contribution in [0.2, 0.25) is 0 Å². The lowest BCUT2D eigenvalue weighted by Crippen LogP contribution is -2.48. The van der Waals surface area contributed by atoms with Crippen molar-refractivity contribution in [3.8, 4) is 0 Å². The van der Waals surface area contributed by atoms with Crippen LogP contribution < -0.4 is 10.6 Å². The summed E-state index contributed by atoms with van der Waals surface area (Å²) in [6.45, 7) is 6.54. The first-order valence-electron chi connectivity index (χ1n) is 7.85. The number of carbonyl (C=O) groups is 2. The van der Waals surface area contributed by atoms with Crippen LogP contribution in [0.1, 0.15) is 31.7 Å². The fourth-order valence-electron chi connectivity index (χ4n) is 2.77. The molecule has 0 aliphatic carbocycles. The Kier molecular flexibility index (Phi) is 5.89. The number of nitrogens with one attached hydrogen (secondary N) is 2. The summed E-state index contributed by atoms with van der Waals surface area (Å²) in [6.07, 6.45) is 6.64. The van der Waals surface area contributed by atoms with E-state index in [-0.39, 0.29) is 0 Å². The van der Waals surface area contributed by atoms with Crippen LogP contribution in [-0.4, -0.2) is 47.4 Å². The van der Waals surface area contributed by atoms with Crippen molar-refractivity contribution >= 4 is 17.5 Å². The molecule has 6 heteroatoms. The average Bonchev–Trinajstić information content (AvgIpc) is 2.54. The normalized spacial score (nSPS) is 18.7. The van der Waals surface area contributed by atoms with Crippen LogP contribution in [-0.2, 0) is 9.59 Å². The minimum absolute atomic E-state index is 0.329. The van der Waals surface area contributed by atoms with Crippen molar-refractivity contribution in [2.24, 2.45) is 0 Å². The Labute approximate surface area is 131 Å². The van der Waals surface area contributed by atoms with E-state index in [0.717, 1.165) is 25.1 Å². The van der Waals surface area contributed by atoms with Gasteiger partial charge < -0.3 is 10.6 Å². The zero-order chi connectivity index (χ0) is 15.9. The highest BCUT2D eigenvalue weighted by molar-refractivity contribution is 6.39. The second-order valence-electron chi connectivity index (χ2n) is 5.63. The molecule has 2 heterocycles. The summed E-state index contributed by atoms with van der Waals surface area (Å²) in [4.78, 5) is 30.2. The molecule has 2 amide bonds. The van der Waals surface area contributed by atoms with Gasteiger partial charge in [0.1, 0.15) is 0 Å². The van der Waals surface area contributed by atoms with E-state index in [1.54, 1.807) is 18.5 Å². The molecule has 0 unspecified atom stereocenters. The summed E-state index contributed by atoms with van der Waals surface area (Å²) < 4.78 is 0. The predicted octanol–water partition coefficient (Wildman–Crippen LogP) is 1.32. The SMILES string of the molecule is CCN1CCCC[C@H]1CNC(=O)C(=O)Nc1cnccc1C. The summed E-state index contributed by atoms with van der Waals surface area (Å²) in [5, 5.41) is 5.34. The zero-order valence-electron chi connectivity index (χ0n) is 13.3. The molecule has 0 spiro atoms. The van der Waals surface area contributed by atoms with E-state index in [4.69, 9.17) is 0 Å². The maximum Gasteiger partial charge on any atom is 0.313 e. The third-order valence-electron chi connectivity index (χ3n) is 4.15. The first-order valence-corrected chi connectivity index (χ1v) is 7.85. The first kappa shape index (κ1) is 16.4. The molecule has 0 radical (unpaired) electrons. The van der Waals surface area contributed by atoms with Crippen LogP contribution in [0.15, 0.2) is 18.5 Å². The number of likely N-dealkylation sites (N-methyl/N-ethyl adjacent to an activating group) is 1. The molecule has 1 saturated heterocycles. The number of amides is 2. The molecule has 1 aliphatic heterocycles. The van der Waals surface area contributed by atoms with E-state index < -0.39 is 11.8 Å². The van der Waals surface area contributed by atoms with E-state index in [1.807, 2.05) is 6.92 Å². The fourth-order valence-corrected chi connectivity index (χ4v) is 2.77. The number of carbonyl (C=O) groups excluding carboxylic acids is 2. The third-order valence-corrected chi connectivity index (χ3v) is 4.15. The zero-order valence-corrected chi connectivity index (χ0v) is 13.3. The van der Waals surface area contributed by atoms with E-state index in [0.29, 0.717) is 18.3 Å². The molecule has 1 aromatic rings. The Morgan fingerprint density at radius 2 is 2.18 bits per heavy atom. The van der Waals surface area contributed by atoms with Crippen LogP contribution >= 0.6 is 0 Å². The van der Waals surface area contributed by atoms with Crippen molar-refractivity contribution in [1.82, 2.24) is 15.2 Å². The van der Waals surface area contributed by atoms with E-state index in [9.17, 15) is 9.59 Å². The fraction of sp³-hybridized carbons (Fsp3) is 0.562. The molecule has 1 atom stereocenters. The van der Waals surface area contributed by atoms with Gasteiger partial charge in [-0.05, 0) is 44.5 Å². The number of hydrogen-bond donors (Lipinski definition) is 2. The molecule has 1 fully saturated rings. The lowest BCUT2D eigenvalue weighted by molar-refractivity contribution is -0.136. The number of hydrogen-bond acceptors (Lipinski definition) is 4. The van der Waals surface area contributed by atoms with Gasteiger partial charge in [-0.15, -0.1) is 0 Å². The number of pyridine rings is 1. The number of rotatable bonds is 4. The van der Waals surface area contributed by atoms with Gasteiger partial charge in [-0.3, -0.25) is 19.5 Å². The van der Waals surface area contributed by atoms with Gasteiger partial charge in [0.15, 0.2) is 0 Å². The van der Waals surface area contributed by atoms with Crippen molar-refractivity contribution in [2.75, 3.05) is 25.0 Å². The molecule has 1 aromatic heterocycles. The Morgan fingerprint density at radius 3 is 2.91 bits per heavy atom. The van der Waals surface area contributed by atoms with Crippen molar-refractivity contribution in [1.29, 1.82) is 0 Å². The lowest BCUT2D eigenvalue weighted by Gasteiger charge is -2.34. The number of aromatic nitrogens is 1. The molecule has 0 aromatic carbocycles. The summed E-state index contributed by atoms with van der Waals surface area (Å²) in [7, 11) is 0. The van der Waals surface area contributed by atoms with Crippen molar-refractivity contribution in [3.05, 3.63) is 24.0 Å². The number of likely N-dealkylation sites (tertiary alicyclic amines) is 1. The third kappa shape index (κ3) is 4.27. The Morgan fingerprint density at radius 1 is 1.36 bits per heavy atom. The van der Waals surface area contributed by atoms with Crippen LogP contribution in [0, 0.1) is 6.92 Å². The Balaban J connectivity index is 1.84. The predicted molar refractivity (Wildman–Crippen MR) is 85.5 cm³/mol. The largest absolute Gasteiger partial charge is 0.346 e. The number of nitrogens with zero attached hydrogens (tertiary/aromatic N) is 2. The molecular weight excluding hydrogens is 280 g/mol. The summed E-state index contributed by atoms with van der Waals surface area (Å²) >= 11 is 0. The summed E-state index contributed by atoms with van der Waals surface area (Å²) in [6, 6.07) is 2.12. The Bertz CT molecular complexity index is 533. The van der Waals surface area contributed by atoms with Gasteiger partial charge in [-0.25, -0.2) is 0 Å². The second kappa shape index (κ2) is 7.89. The van der Waals surface area contributed by atoms with Gasteiger partial charge in [0, 0.05) is 18.8 Å². The van der Waals surface area contributed by atoms with Crippen molar-refractivity contribution in [2.45, 2.75) is 39.2 Å². The molecule has 22 heavy (non-hydrogen) atoms. The standard InChI is InChI=1S/C16H24N4O2/c1-3-20-9-5-4-6-13(20)10-18-15(21)16(22)19-14-11-17-8-7-12(14)2/h7-8,11,13H,3-6,9-10H2,1-2H3,(H,18,21)(H,19,22)/t13-/m0/s1. The molecule has 2 N–H and O–H groups in total. The highest BCUT2D eigenvalue weighted by Crippen LogP contribution is 2.15. The molecule has 0 saturated carbocycles.